The molecule has 1 aromatic carbocycles. The molecule has 1 aromatic rings. The topological polar surface area (TPSA) is 46.6 Å². The highest BCUT2D eigenvalue weighted by Crippen LogP contribution is 2.36. The van der Waals surface area contributed by atoms with E-state index in [0.717, 1.165) is 24.8 Å². The van der Waals surface area contributed by atoms with E-state index in [1.165, 1.54) is 0 Å². The van der Waals surface area contributed by atoms with E-state index in [0.29, 0.717) is 10.6 Å². The quantitative estimate of drug-likeness (QED) is 0.842. The number of rotatable bonds is 2. The Morgan fingerprint density at radius 1 is 1.15 bits per heavy atom. The predicted molar refractivity (Wildman–Crippen MR) is 76.5 cm³/mol. The average Bonchev–Trinajstić information content (AvgIpc) is 2.86. The van der Waals surface area contributed by atoms with Crippen LogP contribution in [0.5, 0.6) is 0 Å². The Balaban J connectivity index is 2.03. The average molecular weight is 293 g/mol. The molecule has 3 rings (SSSR count). The van der Waals surface area contributed by atoms with Gasteiger partial charge in [-0.2, -0.15) is 0 Å². The van der Waals surface area contributed by atoms with Crippen LogP contribution in [0, 0.1) is 6.92 Å². The smallest absolute Gasteiger partial charge is 0.264 e. The molecule has 4 nitrogen and oxygen atoms in total. The number of hydrogen-bond donors (Lipinski definition) is 0. The molecule has 0 saturated heterocycles. The van der Waals surface area contributed by atoms with Crippen LogP contribution < -0.4 is 0 Å². The molecule has 1 saturated carbocycles. The van der Waals surface area contributed by atoms with Gasteiger partial charge in [0, 0.05) is 0 Å². The summed E-state index contributed by atoms with van der Waals surface area (Å²) in [7, 11) is -3.50. The van der Waals surface area contributed by atoms with E-state index in [4.69, 9.17) is 4.74 Å². The lowest BCUT2D eigenvalue weighted by Gasteiger charge is -2.37. The van der Waals surface area contributed by atoms with Crippen molar-refractivity contribution in [3.05, 3.63) is 41.8 Å². The van der Waals surface area contributed by atoms with E-state index in [1.54, 1.807) is 29.6 Å². The number of aryl methyl sites for hydroxylation is 1. The van der Waals surface area contributed by atoms with Gasteiger partial charge in [-0.25, -0.2) is 8.42 Å². The van der Waals surface area contributed by atoms with Crippen LogP contribution in [0.15, 0.2) is 41.1 Å². The summed E-state index contributed by atoms with van der Waals surface area (Å²) >= 11 is 0. The Bertz CT molecular complexity index is 634. The zero-order chi connectivity index (χ0) is 14.3. The largest absolute Gasteiger partial charge is 0.494 e. The number of sulfonamides is 1. The maximum Gasteiger partial charge on any atom is 0.264 e. The van der Waals surface area contributed by atoms with Crippen LogP contribution in [0.4, 0.5) is 0 Å². The molecule has 108 valence electrons. The van der Waals surface area contributed by atoms with Gasteiger partial charge in [0.05, 0.1) is 16.6 Å². The first-order valence-corrected chi connectivity index (χ1v) is 8.37. The lowest BCUT2D eigenvalue weighted by atomic mass is 10.2. The van der Waals surface area contributed by atoms with Gasteiger partial charge in [0.15, 0.2) is 0 Å². The fourth-order valence-corrected chi connectivity index (χ4v) is 4.75. The van der Waals surface area contributed by atoms with Crippen molar-refractivity contribution in [2.24, 2.45) is 0 Å². The summed E-state index contributed by atoms with van der Waals surface area (Å²) in [6.45, 7) is 3.74. The van der Waals surface area contributed by atoms with Gasteiger partial charge >= 0.3 is 0 Å². The summed E-state index contributed by atoms with van der Waals surface area (Å²) in [5.74, 6) is 0. The van der Waals surface area contributed by atoms with Crippen molar-refractivity contribution >= 4 is 10.0 Å². The van der Waals surface area contributed by atoms with E-state index < -0.39 is 10.0 Å². The van der Waals surface area contributed by atoms with Crippen molar-refractivity contribution < 1.29 is 13.2 Å². The minimum absolute atomic E-state index is 0.000997. The third kappa shape index (κ3) is 2.10. The zero-order valence-electron chi connectivity index (χ0n) is 11.7. The second-order valence-corrected chi connectivity index (χ2v) is 7.36. The third-order valence-corrected chi connectivity index (χ3v) is 6.00. The normalized spacial score (nSPS) is 25.9. The monoisotopic (exact) mass is 293 g/mol. The maximum atomic E-state index is 12.9. The summed E-state index contributed by atoms with van der Waals surface area (Å²) in [6, 6.07) is 6.96. The molecule has 0 N–H and O–H groups in total. The molecule has 2 aliphatic rings. The van der Waals surface area contributed by atoms with Crippen LogP contribution in [0.3, 0.4) is 0 Å². The van der Waals surface area contributed by atoms with Crippen LogP contribution in [0.1, 0.15) is 31.7 Å². The first kappa shape index (κ1) is 13.5. The number of benzene rings is 1. The van der Waals surface area contributed by atoms with Crippen LogP contribution in [0.2, 0.25) is 0 Å². The number of hydrogen-bond acceptors (Lipinski definition) is 3. The van der Waals surface area contributed by atoms with E-state index in [1.807, 2.05) is 19.1 Å². The highest BCUT2D eigenvalue weighted by Gasteiger charge is 2.42. The van der Waals surface area contributed by atoms with Crippen molar-refractivity contribution in [2.45, 2.75) is 50.2 Å². The van der Waals surface area contributed by atoms with Crippen molar-refractivity contribution in [3.63, 3.8) is 0 Å². The lowest BCUT2D eigenvalue weighted by Crippen LogP contribution is -2.46. The summed E-state index contributed by atoms with van der Waals surface area (Å²) in [5.41, 5.74) is 1.71. The van der Waals surface area contributed by atoms with Gasteiger partial charge in [-0.1, -0.05) is 17.7 Å². The molecule has 1 aliphatic heterocycles. The fraction of sp³-hybridized carbons (Fsp3) is 0.467. The second kappa shape index (κ2) is 4.81. The molecule has 0 aromatic heterocycles. The molecule has 5 heteroatoms. The van der Waals surface area contributed by atoms with Gasteiger partial charge in [0.1, 0.15) is 12.4 Å². The molecular formula is C15H19NO3S. The van der Waals surface area contributed by atoms with Crippen LogP contribution in [-0.4, -0.2) is 24.9 Å². The van der Waals surface area contributed by atoms with Crippen LogP contribution in [0.25, 0.3) is 0 Å². The van der Waals surface area contributed by atoms with E-state index in [2.05, 4.69) is 0 Å². The molecule has 0 amide bonds. The summed E-state index contributed by atoms with van der Waals surface area (Å²) in [6.07, 6.45) is 4.38. The Labute approximate surface area is 120 Å². The molecule has 0 radical (unpaired) electrons. The number of fused-ring (bicyclic) bond motifs is 1. The van der Waals surface area contributed by atoms with Crippen LogP contribution >= 0.6 is 0 Å². The van der Waals surface area contributed by atoms with Crippen molar-refractivity contribution in [3.8, 4) is 0 Å². The van der Waals surface area contributed by atoms with Crippen LogP contribution in [-0.2, 0) is 14.8 Å². The lowest BCUT2D eigenvalue weighted by molar-refractivity contribution is 0.0735. The maximum absolute atomic E-state index is 12.9. The highest BCUT2D eigenvalue weighted by atomic mass is 32.2. The Morgan fingerprint density at radius 2 is 1.85 bits per heavy atom. The number of allylic oxidation sites excluding steroid dienone is 1. The summed E-state index contributed by atoms with van der Waals surface area (Å²) in [5, 5.41) is 0. The van der Waals surface area contributed by atoms with E-state index in [9.17, 15) is 8.42 Å². The van der Waals surface area contributed by atoms with Gasteiger partial charge in [-0.3, -0.25) is 4.31 Å². The first-order valence-electron chi connectivity index (χ1n) is 6.93. The molecule has 20 heavy (non-hydrogen) atoms. The molecule has 1 fully saturated rings. The summed E-state index contributed by atoms with van der Waals surface area (Å²) < 4.78 is 32.9. The highest BCUT2D eigenvalue weighted by molar-refractivity contribution is 7.89. The van der Waals surface area contributed by atoms with Gasteiger partial charge in [-0.05, 0) is 45.2 Å². The standard InChI is InChI=1S/C15H19NO3S/c1-11-6-8-13(9-7-11)20(17,18)16-12(2)10-19-15-5-3-4-14(15)16/h6-10,14-15H,3-5H2,1-2H3. The molecule has 1 heterocycles. The van der Waals surface area contributed by atoms with Crippen molar-refractivity contribution in [1.29, 1.82) is 0 Å². The first-order chi connectivity index (χ1) is 9.50. The molecule has 0 spiro atoms. The SMILES string of the molecule is CC1=COC2CCCC2N1S(=O)(=O)c1ccc(C)cc1. The molecule has 2 unspecified atom stereocenters. The Hall–Kier alpha value is -1.49. The van der Waals surface area contributed by atoms with E-state index in [-0.39, 0.29) is 12.1 Å². The predicted octanol–water partition coefficient (Wildman–Crippen LogP) is 2.80. The second-order valence-electron chi connectivity index (χ2n) is 5.55. The minimum atomic E-state index is -3.50. The van der Waals surface area contributed by atoms with Gasteiger partial charge in [-0.15, -0.1) is 0 Å². The molecular weight excluding hydrogens is 274 g/mol. The van der Waals surface area contributed by atoms with Gasteiger partial charge in [0.2, 0.25) is 0 Å². The van der Waals surface area contributed by atoms with E-state index >= 15 is 0 Å². The fourth-order valence-electron chi connectivity index (χ4n) is 3.02. The Kier molecular flexibility index (Phi) is 3.24. The zero-order valence-corrected chi connectivity index (χ0v) is 12.6. The van der Waals surface area contributed by atoms with Gasteiger partial charge in [0.25, 0.3) is 10.0 Å². The third-order valence-electron chi connectivity index (χ3n) is 4.06. The molecule has 2 atom stereocenters. The van der Waals surface area contributed by atoms with Gasteiger partial charge < -0.3 is 4.74 Å². The molecule has 0 bridgehead atoms. The number of nitrogens with zero attached hydrogens (tertiary/aromatic N) is 1. The summed E-state index contributed by atoms with van der Waals surface area (Å²) in [4.78, 5) is 0.350. The Morgan fingerprint density at radius 3 is 2.55 bits per heavy atom. The van der Waals surface area contributed by atoms with Crippen molar-refractivity contribution in [1.82, 2.24) is 4.31 Å². The molecule has 1 aliphatic carbocycles. The minimum Gasteiger partial charge on any atom is -0.494 e. The number of ether oxygens (including phenoxy) is 1. The van der Waals surface area contributed by atoms with Crippen molar-refractivity contribution in [2.75, 3.05) is 0 Å².